The quantitative estimate of drug-likeness (QED) is 0.431. The summed E-state index contributed by atoms with van der Waals surface area (Å²) in [6.45, 7) is 0. The molecule has 174 valence electrons. The molecule has 2 heterocycles. The fourth-order valence-electron chi connectivity index (χ4n) is 4.55. The summed E-state index contributed by atoms with van der Waals surface area (Å²) in [5.41, 5.74) is 1.46. The number of H-pyrrole nitrogens is 1. The van der Waals surface area contributed by atoms with Gasteiger partial charge in [0, 0.05) is 30.4 Å². The van der Waals surface area contributed by atoms with Crippen LogP contribution in [-0.4, -0.2) is 32.1 Å². The summed E-state index contributed by atoms with van der Waals surface area (Å²) in [5, 5.41) is 12.2. The third-order valence-corrected chi connectivity index (χ3v) is 6.38. The van der Waals surface area contributed by atoms with Gasteiger partial charge in [-0.1, -0.05) is 30.3 Å². The number of aromatic nitrogens is 4. The fraction of sp³-hybridized carbons (Fsp3) is 0.346. The van der Waals surface area contributed by atoms with Gasteiger partial charge in [-0.05, 0) is 56.4 Å². The van der Waals surface area contributed by atoms with Crippen LogP contribution < -0.4 is 10.9 Å². The molecule has 0 atom stereocenters. The Morgan fingerprint density at radius 2 is 1.76 bits per heavy atom. The molecule has 1 aliphatic rings. The van der Waals surface area contributed by atoms with Gasteiger partial charge in [-0.15, -0.1) is 10.2 Å². The van der Waals surface area contributed by atoms with Crippen molar-refractivity contribution in [1.29, 1.82) is 0 Å². The zero-order chi connectivity index (χ0) is 23.3. The summed E-state index contributed by atoms with van der Waals surface area (Å²) in [6.07, 6.45) is 5.18. The molecule has 8 nitrogen and oxygen atoms in total. The van der Waals surface area contributed by atoms with Gasteiger partial charge in [0.1, 0.15) is 5.82 Å². The lowest BCUT2D eigenvalue weighted by Gasteiger charge is -2.27. The van der Waals surface area contributed by atoms with Crippen LogP contribution in [0.2, 0.25) is 0 Å². The summed E-state index contributed by atoms with van der Waals surface area (Å²) >= 11 is 0. The average Bonchev–Trinajstić information content (AvgIpc) is 3.36. The van der Waals surface area contributed by atoms with Gasteiger partial charge >= 0.3 is 0 Å². The van der Waals surface area contributed by atoms with Gasteiger partial charge < -0.3 is 14.7 Å². The maximum Gasteiger partial charge on any atom is 0.258 e. The Labute approximate surface area is 196 Å². The second-order valence-corrected chi connectivity index (χ2v) is 8.81. The fourth-order valence-corrected chi connectivity index (χ4v) is 4.55. The van der Waals surface area contributed by atoms with Gasteiger partial charge in [0.05, 0.1) is 10.9 Å². The molecule has 5 rings (SSSR count). The van der Waals surface area contributed by atoms with E-state index in [2.05, 4.69) is 25.5 Å². The van der Waals surface area contributed by atoms with Crippen molar-refractivity contribution in [2.75, 3.05) is 0 Å². The molecule has 0 saturated heterocycles. The molecular weight excluding hydrogens is 430 g/mol. The van der Waals surface area contributed by atoms with E-state index >= 15 is 0 Å². The molecule has 0 aliphatic heterocycles. The molecule has 2 N–H and O–H groups in total. The number of hydrogen-bond acceptors (Lipinski definition) is 6. The monoisotopic (exact) mass is 457 g/mol. The number of rotatable bonds is 7. The number of amides is 1. The Hall–Kier alpha value is -3.81. The summed E-state index contributed by atoms with van der Waals surface area (Å²) in [4.78, 5) is 31.9. The van der Waals surface area contributed by atoms with Crippen molar-refractivity contribution in [2.45, 2.75) is 56.9 Å². The van der Waals surface area contributed by atoms with Crippen molar-refractivity contribution < 1.29 is 9.21 Å². The summed E-state index contributed by atoms with van der Waals surface area (Å²) in [6, 6.07) is 17.2. The number of nitrogens with zero attached hydrogens (tertiary/aromatic N) is 3. The summed E-state index contributed by atoms with van der Waals surface area (Å²) < 4.78 is 5.92. The standard InChI is InChI=1S/C26H27N5O3/c32-23(12-6-11-22-28-21-10-5-4-9-20(21)24(33)29-22)27-19-15-13-18(14-16-19)26-31-30-25(34-26)17-7-2-1-3-8-17/h1-5,7-10,18-19H,6,11-16H2,(H,27,32)(H,28,29,33). The summed E-state index contributed by atoms with van der Waals surface area (Å²) in [7, 11) is 0. The Bertz CT molecular complexity index is 1320. The number of hydrogen-bond donors (Lipinski definition) is 2. The normalized spacial score (nSPS) is 18.1. The Morgan fingerprint density at radius 1 is 1.00 bits per heavy atom. The van der Waals surface area contributed by atoms with Crippen LogP contribution in [0, 0.1) is 0 Å². The number of aromatic amines is 1. The van der Waals surface area contributed by atoms with E-state index in [1.54, 1.807) is 6.07 Å². The predicted octanol–water partition coefficient (Wildman–Crippen LogP) is 4.14. The number of carbonyl (C=O) groups excluding carboxylic acids is 1. The van der Waals surface area contributed by atoms with Gasteiger partial charge in [0.25, 0.3) is 5.56 Å². The molecule has 4 aromatic rings. The van der Waals surface area contributed by atoms with Crippen LogP contribution in [0.1, 0.15) is 56.2 Å². The first-order valence-electron chi connectivity index (χ1n) is 11.8. The van der Waals surface area contributed by atoms with E-state index in [1.807, 2.05) is 48.5 Å². The molecule has 1 aliphatic carbocycles. The van der Waals surface area contributed by atoms with E-state index in [0.29, 0.717) is 47.8 Å². The zero-order valence-corrected chi connectivity index (χ0v) is 18.9. The third kappa shape index (κ3) is 5.06. The first kappa shape index (κ1) is 22.0. The van der Waals surface area contributed by atoms with Crippen molar-refractivity contribution in [3.63, 3.8) is 0 Å². The lowest BCUT2D eigenvalue weighted by atomic mass is 9.86. The van der Waals surface area contributed by atoms with Crippen LogP contribution in [0.15, 0.2) is 63.8 Å². The Balaban J connectivity index is 1.07. The predicted molar refractivity (Wildman–Crippen MR) is 128 cm³/mol. The van der Waals surface area contributed by atoms with Crippen molar-refractivity contribution in [2.24, 2.45) is 0 Å². The van der Waals surface area contributed by atoms with Gasteiger partial charge in [-0.25, -0.2) is 4.98 Å². The molecule has 2 aromatic carbocycles. The lowest BCUT2D eigenvalue weighted by Crippen LogP contribution is -2.37. The van der Waals surface area contributed by atoms with Crippen LogP contribution in [-0.2, 0) is 11.2 Å². The van der Waals surface area contributed by atoms with E-state index in [0.717, 1.165) is 31.2 Å². The molecule has 1 saturated carbocycles. The van der Waals surface area contributed by atoms with Crippen LogP contribution in [0.5, 0.6) is 0 Å². The molecule has 34 heavy (non-hydrogen) atoms. The van der Waals surface area contributed by atoms with Crippen molar-refractivity contribution in [1.82, 2.24) is 25.5 Å². The number of para-hydroxylation sites is 1. The van der Waals surface area contributed by atoms with Crippen molar-refractivity contribution >= 4 is 16.8 Å². The number of aryl methyl sites for hydroxylation is 1. The van der Waals surface area contributed by atoms with Crippen molar-refractivity contribution in [3.8, 4) is 11.5 Å². The number of benzene rings is 2. The van der Waals surface area contributed by atoms with E-state index in [1.165, 1.54) is 0 Å². The minimum absolute atomic E-state index is 0.0377. The maximum absolute atomic E-state index is 12.4. The molecular formula is C26H27N5O3. The second kappa shape index (κ2) is 9.99. The van der Waals surface area contributed by atoms with E-state index in [4.69, 9.17) is 4.42 Å². The topological polar surface area (TPSA) is 114 Å². The highest BCUT2D eigenvalue weighted by atomic mass is 16.4. The Kier molecular flexibility index (Phi) is 6.46. The maximum atomic E-state index is 12.4. The molecule has 8 heteroatoms. The SMILES string of the molecule is O=C(CCCc1nc2ccccc2c(=O)[nH]1)NC1CCC(c2nnc(-c3ccccc3)o2)CC1. The number of fused-ring (bicyclic) bond motifs is 1. The van der Waals surface area contributed by atoms with Gasteiger partial charge in [0.2, 0.25) is 17.7 Å². The summed E-state index contributed by atoms with van der Waals surface area (Å²) in [5.74, 6) is 2.12. The van der Waals surface area contributed by atoms with Crippen molar-refractivity contribution in [3.05, 3.63) is 76.7 Å². The highest BCUT2D eigenvalue weighted by molar-refractivity contribution is 5.77. The van der Waals surface area contributed by atoms with Crippen LogP contribution in [0.4, 0.5) is 0 Å². The van der Waals surface area contributed by atoms with Gasteiger partial charge in [-0.3, -0.25) is 9.59 Å². The first-order valence-corrected chi connectivity index (χ1v) is 11.8. The molecule has 0 radical (unpaired) electrons. The first-order chi connectivity index (χ1) is 16.7. The number of carbonyl (C=O) groups is 1. The van der Waals surface area contributed by atoms with E-state index in [-0.39, 0.29) is 23.4 Å². The minimum Gasteiger partial charge on any atom is -0.420 e. The number of nitrogens with one attached hydrogen (secondary N) is 2. The van der Waals surface area contributed by atoms with Crippen LogP contribution in [0.25, 0.3) is 22.4 Å². The molecule has 0 unspecified atom stereocenters. The average molecular weight is 458 g/mol. The second-order valence-electron chi connectivity index (χ2n) is 8.81. The Morgan fingerprint density at radius 3 is 2.59 bits per heavy atom. The molecule has 0 bridgehead atoms. The molecule has 1 fully saturated rings. The van der Waals surface area contributed by atoms with Crippen LogP contribution in [0.3, 0.4) is 0 Å². The molecule has 0 spiro atoms. The third-order valence-electron chi connectivity index (χ3n) is 6.38. The largest absolute Gasteiger partial charge is 0.420 e. The minimum atomic E-state index is -0.140. The van der Waals surface area contributed by atoms with Crippen LogP contribution >= 0.6 is 0 Å². The highest BCUT2D eigenvalue weighted by Crippen LogP contribution is 2.33. The lowest BCUT2D eigenvalue weighted by molar-refractivity contribution is -0.122. The molecule has 1 amide bonds. The molecule has 2 aromatic heterocycles. The van der Waals surface area contributed by atoms with Gasteiger partial charge in [-0.2, -0.15) is 0 Å². The van der Waals surface area contributed by atoms with E-state index < -0.39 is 0 Å². The van der Waals surface area contributed by atoms with Gasteiger partial charge in [0.15, 0.2) is 0 Å². The smallest absolute Gasteiger partial charge is 0.258 e. The highest BCUT2D eigenvalue weighted by Gasteiger charge is 2.27. The van der Waals surface area contributed by atoms with E-state index in [9.17, 15) is 9.59 Å². The zero-order valence-electron chi connectivity index (χ0n) is 18.9.